The maximum absolute atomic E-state index is 12.0. The molecular weight excluding hydrogens is 240 g/mol. The van der Waals surface area contributed by atoms with Crippen LogP contribution in [0.1, 0.15) is 32.1 Å². The lowest BCUT2D eigenvalue weighted by Crippen LogP contribution is -2.54. The zero-order valence-corrected chi connectivity index (χ0v) is 10.9. The van der Waals surface area contributed by atoms with Crippen molar-refractivity contribution in [2.45, 2.75) is 44.2 Å². The van der Waals surface area contributed by atoms with Crippen molar-refractivity contribution in [3.8, 4) is 0 Å². The zero-order chi connectivity index (χ0) is 12.3. The summed E-state index contributed by atoms with van der Waals surface area (Å²) in [5.41, 5.74) is 0. The van der Waals surface area contributed by atoms with Crippen molar-refractivity contribution in [3.63, 3.8) is 0 Å². The van der Waals surface area contributed by atoms with E-state index in [-0.39, 0.29) is 11.8 Å². The van der Waals surface area contributed by atoms with E-state index in [4.69, 9.17) is 0 Å². The molecule has 3 N–H and O–H groups in total. The Bertz CT molecular complexity index is 339. The fraction of sp³-hybridized carbons (Fsp3) is 1.00. The van der Waals surface area contributed by atoms with Crippen LogP contribution < -0.4 is 10.0 Å². The molecule has 1 heterocycles. The first kappa shape index (κ1) is 13.3. The molecule has 0 aromatic carbocycles. The van der Waals surface area contributed by atoms with E-state index >= 15 is 0 Å². The molecule has 2 aliphatic rings. The molecule has 0 aromatic heterocycles. The van der Waals surface area contributed by atoms with Gasteiger partial charge in [0.1, 0.15) is 0 Å². The Kier molecular flexibility index (Phi) is 4.41. The summed E-state index contributed by atoms with van der Waals surface area (Å²) in [6, 6.07) is -0.366. The highest BCUT2D eigenvalue weighted by molar-refractivity contribution is 7.89. The van der Waals surface area contributed by atoms with E-state index in [0.29, 0.717) is 18.9 Å². The van der Waals surface area contributed by atoms with Gasteiger partial charge in [-0.15, -0.1) is 0 Å². The summed E-state index contributed by atoms with van der Waals surface area (Å²) >= 11 is 0. The SMILES string of the molecule is O=S(=O)(CC1CCCC1)N[C@H]1CNCC[C@H]1O. The molecule has 0 bridgehead atoms. The van der Waals surface area contributed by atoms with Crippen molar-refractivity contribution in [1.82, 2.24) is 10.0 Å². The van der Waals surface area contributed by atoms with Crippen LogP contribution in [-0.2, 0) is 10.0 Å². The van der Waals surface area contributed by atoms with Crippen LogP contribution in [0.2, 0.25) is 0 Å². The Labute approximate surface area is 103 Å². The van der Waals surface area contributed by atoms with Crippen LogP contribution in [-0.4, -0.2) is 44.5 Å². The third kappa shape index (κ3) is 3.91. The van der Waals surface area contributed by atoms with Gasteiger partial charge in [0.05, 0.1) is 17.9 Å². The fourth-order valence-corrected chi connectivity index (χ4v) is 4.48. The molecule has 0 amide bonds. The molecule has 1 saturated carbocycles. The molecule has 1 saturated heterocycles. The van der Waals surface area contributed by atoms with E-state index in [1.165, 1.54) is 0 Å². The smallest absolute Gasteiger partial charge is 0.212 e. The summed E-state index contributed by atoms with van der Waals surface area (Å²) in [6.07, 6.45) is 4.38. The van der Waals surface area contributed by atoms with Crippen molar-refractivity contribution < 1.29 is 13.5 Å². The molecule has 17 heavy (non-hydrogen) atoms. The van der Waals surface area contributed by atoms with Gasteiger partial charge < -0.3 is 10.4 Å². The van der Waals surface area contributed by atoms with Crippen molar-refractivity contribution in [3.05, 3.63) is 0 Å². The molecule has 0 spiro atoms. The lowest BCUT2D eigenvalue weighted by atomic mass is 10.1. The number of sulfonamides is 1. The summed E-state index contributed by atoms with van der Waals surface area (Å²) in [5.74, 6) is 0.525. The maximum Gasteiger partial charge on any atom is 0.212 e. The molecule has 2 rings (SSSR count). The highest BCUT2D eigenvalue weighted by Crippen LogP contribution is 2.25. The monoisotopic (exact) mass is 262 g/mol. The second-order valence-electron chi connectivity index (χ2n) is 5.22. The minimum atomic E-state index is -3.25. The maximum atomic E-state index is 12.0. The van der Waals surface area contributed by atoms with Crippen LogP contribution in [0.4, 0.5) is 0 Å². The van der Waals surface area contributed by atoms with Gasteiger partial charge in [-0.05, 0) is 31.7 Å². The summed E-state index contributed by atoms with van der Waals surface area (Å²) in [4.78, 5) is 0. The number of aliphatic hydroxyl groups excluding tert-OH is 1. The van der Waals surface area contributed by atoms with Crippen LogP contribution in [0.5, 0.6) is 0 Å². The first-order valence-electron chi connectivity index (χ1n) is 6.45. The molecule has 1 aliphatic heterocycles. The molecule has 0 radical (unpaired) electrons. The number of hydrogen-bond acceptors (Lipinski definition) is 4. The van der Waals surface area contributed by atoms with Crippen LogP contribution in [0.15, 0.2) is 0 Å². The molecule has 5 nitrogen and oxygen atoms in total. The average molecular weight is 262 g/mol. The number of aliphatic hydroxyl groups is 1. The Morgan fingerprint density at radius 3 is 2.59 bits per heavy atom. The first-order valence-corrected chi connectivity index (χ1v) is 8.11. The van der Waals surface area contributed by atoms with E-state index in [1.54, 1.807) is 0 Å². The Balaban J connectivity index is 1.87. The molecule has 100 valence electrons. The van der Waals surface area contributed by atoms with Crippen LogP contribution in [0, 0.1) is 5.92 Å². The van der Waals surface area contributed by atoms with Crippen molar-refractivity contribution >= 4 is 10.0 Å². The molecular formula is C11H22N2O3S. The van der Waals surface area contributed by atoms with Gasteiger partial charge >= 0.3 is 0 Å². The molecule has 2 atom stereocenters. The van der Waals surface area contributed by atoms with Gasteiger partial charge in [0.25, 0.3) is 0 Å². The lowest BCUT2D eigenvalue weighted by molar-refractivity contribution is 0.109. The van der Waals surface area contributed by atoms with Crippen molar-refractivity contribution in [2.75, 3.05) is 18.8 Å². The molecule has 0 unspecified atom stereocenters. The quantitative estimate of drug-likeness (QED) is 0.657. The lowest BCUT2D eigenvalue weighted by Gasteiger charge is -2.29. The standard InChI is InChI=1S/C11H22N2O3S/c14-11-5-6-12-7-10(11)13-17(15,16)8-9-3-1-2-4-9/h9-14H,1-8H2/t10-,11+/m0/s1. The van der Waals surface area contributed by atoms with Gasteiger partial charge in [-0.25, -0.2) is 13.1 Å². The van der Waals surface area contributed by atoms with E-state index in [0.717, 1.165) is 32.2 Å². The van der Waals surface area contributed by atoms with Crippen molar-refractivity contribution in [1.29, 1.82) is 0 Å². The highest BCUT2D eigenvalue weighted by atomic mass is 32.2. The Hall–Kier alpha value is -0.170. The van der Waals surface area contributed by atoms with E-state index < -0.39 is 16.1 Å². The third-order valence-electron chi connectivity index (χ3n) is 3.71. The summed E-state index contributed by atoms with van der Waals surface area (Å²) in [7, 11) is -3.25. The number of rotatable bonds is 4. The summed E-state index contributed by atoms with van der Waals surface area (Å²) < 4.78 is 26.5. The van der Waals surface area contributed by atoms with E-state index in [2.05, 4.69) is 10.0 Å². The summed E-state index contributed by atoms with van der Waals surface area (Å²) in [6.45, 7) is 1.27. The van der Waals surface area contributed by atoms with E-state index in [1.807, 2.05) is 0 Å². The second-order valence-corrected chi connectivity index (χ2v) is 7.01. The Morgan fingerprint density at radius 1 is 1.24 bits per heavy atom. The van der Waals surface area contributed by atoms with Gasteiger partial charge in [0.15, 0.2) is 0 Å². The number of hydrogen-bond donors (Lipinski definition) is 3. The molecule has 6 heteroatoms. The van der Waals surface area contributed by atoms with Crippen LogP contribution in [0.25, 0.3) is 0 Å². The number of piperidine rings is 1. The van der Waals surface area contributed by atoms with Crippen LogP contribution >= 0.6 is 0 Å². The fourth-order valence-electron chi connectivity index (χ4n) is 2.73. The van der Waals surface area contributed by atoms with E-state index in [9.17, 15) is 13.5 Å². The average Bonchev–Trinajstić information content (AvgIpc) is 2.73. The van der Waals surface area contributed by atoms with Gasteiger partial charge in [-0.3, -0.25) is 0 Å². The topological polar surface area (TPSA) is 78.4 Å². The first-order chi connectivity index (χ1) is 8.07. The zero-order valence-electron chi connectivity index (χ0n) is 10.1. The largest absolute Gasteiger partial charge is 0.391 e. The third-order valence-corrected chi connectivity index (χ3v) is 5.28. The minimum absolute atomic E-state index is 0.218. The molecule has 1 aliphatic carbocycles. The van der Waals surface area contributed by atoms with Crippen LogP contribution in [0.3, 0.4) is 0 Å². The normalized spacial score (nSPS) is 31.8. The van der Waals surface area contributed by atoms with Gasteiger partial charge in [0.2, 0.25) is 10.0 Å². The van der Waals surface area contributed by atoms with Gasteiger partial charge in [0, 0.05) is 6.54 Å². The number of nitrogens with one attached hydrogen (secondary N) is 2. The molecule has 2 fully saturated rings. The predicted octanol–water partition coefficient (Wildman–Crippen LogP) is -0.181. The van der Waals surface area contributed by atoms with Crippen molar-refractivity contribution in [2.24, 2.45) is 5.92 Å². The summed E-state index contributed by atoms with van der Waals surface area (Å²) in [5, 5.41) is 12.8. The highest BCUT2D eigenvalue weighted by Gasteiger charge is 2.29. The predicted molar refractivity (Wildman–Crippen MR) is 66.2 cm³/mol. The minimum Gasteiger partial charge on any atom is -0.391 e. The van der Waals surface area contributed by atoms with Gasteiger partial charge in [-0.2, -0.15) is 0 Å². The van der Waals surface area contributed by atoms with Gasteiger partial charge in [-0.1, -0.05) is 12.8 Å². The Morgan fingerprint density at radius 2 is 1.94 bits per heavy atom. The molecule has 0 aromatic rings. The second kappa shape index (κ2) is 5.65.